The molecule has 80 valence electrons. The van der Waals surface area contributed by atoms with Crippen molar-refractivity contribution in [2.24, 2.45) is 0 Å². The molecule has 15 heavy (non-hydrogen) atoms. The van der Waals surface area contributed by atoms with Gasteiger partial charge in [0.05, 0.1) is 5.56 Å². The lowest BCUT2D eigenvalue weighted by atomic mass is 10.2. The third-order valence-corrected chi connectivity index (χ3v) is 1.94. The number of carbonyl (C=O) groups excluding carboxylic acids is 2. The molecule has 0 aliphatic carbocycles. The van der Waals surface area contributed by atoms with Crippen molar-refractivity contribution >= 4 is 11.9 Å². The van der Waals surface area contributed by atoms with E-state index in [1.54, 1.807) is 31.3 Å². The van der Waals surface area contributed by atoms with Gasteiger partial charge in [-0.2, -0.15) is 0 Å². The van der Waals surface area contributed by atoms with Crippen LogP contribution in [0.3, 0.4) is 0 Å². The van der Waals surface area contributed by atoms with Gasteiger partial charge in [0, 0.05) is 14.0 Å². The number of rotatable bonds is 3. The third kappa shape index (κ3) is 3.42. The summed E-state index contributed by atoms with van der Waals surface area (Å²) >= 11 is 0. The molecule has 0 fully saturated rings. The number of esters is 1. The van der Waals surface area contributed by atoms with E-state index < -0.39 is 5.97 Å². The van der Waals surface area contributed by atoms with Gasteiger partial charge in [0.25, 0.3) is 0 Å². The van der Waals surface area contributed by atoms with E-state index in [0.717, 1.165) is 0 Å². The number of ether oxygens (including phenoxy) is 1. The highest BCUT2D eigenvalue weighted by atomic mass is 16.5. The minimum atomic E-state index is -0.427. The molecule has 1 amide bonds. The van der Waals surface area contributed by atoms with Crippen LogP contribution >= 0.6 is 0 Å². The van der Waals surface area contributed by atoms with Gasteiger partial charge in [0.1, 0.15) is 0 Å². The van der Waals surface area contributed by atoms with Gasteiger partial charge in [-0.15, -0.1) is 0 Å². The van der Waals surface area contributed by atoms with Gasteiger partial charge in [-0.05, 0) is 12.1 Å². The molecular formula is C11H13NO3. The summed E-state index contributed by atoms with van der Waals surface area (Å²) in [5, 5.41) is 0. The van der Waals surface area contributed by atoms with E-state index in [-0.39, 0.29) is 12.6 Å². The fraction of sp³-hybridized carbons (Fsp3) is 0.273. The van der Waals surface area contributed by atoms with Crippen molar-refractivity contribution < 1.29 is 14.3 Å². The summed E-state index contributed by atoms with van der Waals surface area (Å²) < 4.78 is 4.92. The highest BCUT2D eigenvalue weighted by Crippen LogP contribution is 2.01. The molecule has 0 spiro atoms. The van der Waals surface area contributed by atoms with Crippen LogP contribution in [0.25, 0.3) is 0 Å². The van der Waals surface area contributed by atoms with Crippen LogP contribution in [-0.2, 0) is 9.53 Å². The predicted molar refractivity (Wildman–Crippen MR) is 55.2 cm³/mol. The Hall–Kier alpha value is -1.84. The molecule has 0 aromatic heterocycles. The zero-order valence-corrected chi connectivity index (χ0v) is 8.77. The molecule has 0 atom stereocenters. The normalized spacial score (nSPS) is 9.47. The van der Waals surface area contributed by atoms with E-state index in [1.807, 2.05) is 6.07 Å². The Morgan fingerprint density at radius 2 is 1.87 bits per heavy atom. The Labute approximate surface area is 88.5 Å². The second-order valence-electron chi connectivity index (χ2n) is 3.14. The zero-order valence-electron chi connectivity index (χ0n) is 8.77. The van der Waals surface area contributed by atoms with Gasteiger partial charge < -0.3 is 9.64 Å². The molecule has 0 N–H and O–H groups in total. The van der Waals surface area contributed by atoms with Crippen molar-refractivity contribution in [3.05, 3.63) is 35.9 Å². The van der Waals surface area contributed by atoms with Crippen LogP contribution in [0.15, 0.2) is 30.3 Å². The first-order valence-electron chi connectivity index (χ1n) is 4.55. The summed E-state index contributed by atoms with van der Waals surface area (Å²) in [6, 6.07) is 8.65. The minimum Gasteiger partial charge on any atom is -0.441 e. The molecule has 0 bridgehead atoms. The quantitative estimate of drug-likeness (QED) is 0.554. The Kier molecular flexibility index (Phi) is 3.85. The van der Waals surface area contributed by atoms with E-state index in [4.69, 9.17) is 4.74 Å². The van der Waals surface area contributed by atoms with Crippen molar-refractivity contribution in [1.29, 1.82) is 0 Å². The molecule has 0 unspecified atom stereocenters. The second-order valence-corrected chi connectivity index (χ2v) is 3.14. The lowest BCUT2D eigenvalue weighted by Gasteiger charge is -2.14. The molecule has 0 saturated carbocycles. The molecule has 4 heteroatoms. The molecule has 0 aliphatic rings. The molecule has 0 radical (unpaired) electrons. The SMILES string of the molecule is CC(=O)N(C)COC(=O)c1ccccc1. The molecule has 1 aromatic rings. The fourth-order valence-corrected chi connectivity index (χ4v) is 0.904. The van der Waals surface area contributed by atoms with Gasteiger partial charge in [0.2, 0.25) is 5.91 Å². The number of benzene rings is 1. The van der Waals surface area contributed by atoms with Crippen molar-refractivity contribution in [3.8, 4) is 0 Å². The molecule has 1 rings (SSSR count). The minimum absolute atomic E-state index is 0.0247. The van der Waals surface area contributed by atoms with Crippen LogP contribution in [-0.4, -0.2) is 30.6 Å². The number of nitrogens with zero attached hydrogens (tertiary/aromatic N) is 1. The summed E-state index contributed by atoms with van der Waals surface area (Å²) in [5.74, 6) is -0.570. The molecular weight excluding hydrogens is 194 g/mol. The summed E-state index contributed by atoms with van der Waals surface area (Å²) in [7, 11) is 1.57. The standard InChI is InChI=1S/C11H13NO3/c1-9(13)12(2)8-15-11(14)10-6-4-3-5-7-10/h3-7H,8H2,1-2H3. The largest absolute Gasteiger partial charge is 0.441 e. The van der Waals surface area contributed by atoms with E-state index in [1.165, 1.54) is 11.8 Å². The van der Waals surface area contributed by atoms with Gasteiger partial charge >= 0.3 is 5.97 Å². The van der Waals surface area contributed by atoms with Gasteiger partial charge in [-0.25, -0.2) is 4.79 Å². The first-order chi connectivity index (χ1) is 7.11. The molecule has 0 saturated heterocycles. The lowest BCUT2D eigenvalue weighted by molar-refractivity contribution is -0.130. The van der Waals surface area contributed by atoms with Crippen LogP contribution in [0.2, 0.25) is 0 Å². The van der Waals surface area contributed by atoms with Crippen molar-refractivity contribution in [3.63, 3.8) is 0 Å². The topological polar surface area (TPSA) is 46.6 Å². The van der Waals surface area contributed by atoms with Crippen molar-refractivity contribution in [2.75, 3.05) is 13.8 Å². The van der Waals surface area contributed by atoms with Crippen LogP contribution in [0.5, 0.6) is 0 Å². The highest BCUT2D eigenvalue weighted by Gasteiger charge is 2.08. The van der Waals surface area contributed by atoms with Gasteiger partial charge in [-0.3, -0.25) is 4.79 Å². The van der Waals surface area contributed by atoms with Gasteiger partial charge in [0.15, 0.2) is 6.73 Å². The second kappa shape index (κ2) is 5.14. The molecule has 4 nitrogen and oxygen atoms in total. The Balaban J connectivity index is 2.47. The summed E-state index contributed by atoms with van der Waals surface area (Å²) in [6.45, 7) is 1.39. The highest BCUT2D eigenvalue weighted by molar-refractivity contribution is 5.89. The van der Waals surface area contributed by atoms with Crippen LogP contribution in [0.4, 0.5) is 0 Å². The fourth-order valence-electron chi connectivity index (χ4n) is 0.904. The number of hydrogen-bond donors (Lipinski definition) is 0. The maximum atomic E-state index is 11.4. The smallest absolute Gasteiger partial charge is 0.339 e. The first-order valence-corrected chi connectivity index (χ1v) is 4.55. The summed E-state index contributed by atoms with van der Waals surface area (Å²) in [6.07, 6.45) is 0. The first kappa shape index (κ1) is 11.2. The van der Waals surface area contributed by atoms with Crippen LogP contribution < -0.4 is 0 Å². The van der Waals surface area contributed by atoms with E-state index in [9.17, 15) is 9.59 Å². The van der Waals surface area contributed by atoms with Crippen molar-refractivity contribution in [2.45, 2.75) is 6.92 Å². The Bertz CT molecular complexity index is 348. The number of amides is 1. The van der Waals surface area contributed by atoms with Gasteiger partial charge in [-0.1, -0.05) is 18.2 Å². The van der Waals surface area contributed by atoms with Crippen molar-refractivity contribution in [1.82, 2.24) is 4.90 Å². The average molecular weight is 207 g/mol. The van der Waals surface area contributed by atoms with Crippen LogP contribution in [0, 0.1) is 0 Å². The maximum Gasteiger partial charge on any atom is 0.339 e. The van der Waals surface area contributed by atoms with E-state index >= 15 is 0 Å². The lowest BCUT2D eigenvalue weighted by Crippen LogP contribution is -2.28. The summed E-state index contributed by atoms with van der Waals surface area (Å²) in [4.78, 5) is 23.6. The molecule has 0 aliphatic heterocycles. The Morgan fingerprint density at radius 1 is 1.27 bits per heavy atom. The maximum absolute atomic E-state index is 11.4. The molecule has 0 heterocycles. The summed E-state index contributed by atoms with van der Waals surface area (Å²) in [5.41, 5.74) is 0.481. The monoisotopic (exact) mass is 207 g/mol. The van der Waals surface area contributed by atoms with Crippen LogP contribution in [0.1, 0.15) is 17.3 Å². The third-order valence-electron chi connectivity index (χ3n) is 1.94. The van der Waals surface area contributed by atoms with E-state index in [2.05, 4.69) is 0 Å². The Morgan fingerprint density at radius 3 is 2.40 bits per heavy atom. The molecule has 1 aromatic carbocycles. The zero-order chi connectivity index (χ0) is 11.3. The average Bonchev–Trinajstić information content (AvgIpc) is 2.26. The van der Waals surface area contributed by atoms with E-state index in [0.29, 0.717) is 5.56 Å². The predicted octanol–water partition coefficient (Wildman–Crippen LogP) is 1.28. The number of carbonyl (C=O) groups is 2. The number of hydrogen-bond acceptors (Lipinski definition) is 3.